The van der Waals surface area contributed by atoms with Crippen LogP contribution in [-0.4, -0.2) is 42.6 Å². The summed E-state index contributed by atoms with van der Waals surface area (Å²) in [5.41, 5.74) is 0. The molecule has 2 rings (SSSR count). The van der Waals surface area contributed by atoms with Crippen molar-refractivity contribution in [2.45, 2.75) is 31.8 Å². The van der Waals surface area contributed by atoms with E-state index in [1.165, 1.54) is 50.6 Å². The Morgan fingerprint density at radius 2 is 2.29 bits per heavy atom. The minimum Gasteiger partial charge on any atom is -0.378 e. The molecule has 2 nitrogen and oxygen atoms in total. The van der Waals surface area contributed by atoms with Gasteiger partial charge in [0.25, 0.3) is 0 Å². The van der Waals surface area contributed by atoms with Gasteiger partial charge in [-0.05, 0) is 38.1 Å². The molecule has 0 spiro atoms. The van der Waals surface area contributed by atoms with Crippen LogP contribution in [0.1, 0.15) is 25.7 Å². The standard InChI is InChI=1S/C11H20BrNO/c12-8-10-3-5-13(9-10)6-4-11-2-1-7-14-11/h10-11H,1-9H2. The number of nitrogens with zero attached hydrogens (tertiary/aromatic N) is 1. The van der Waals surface area contributed by atoms with Crippen molar-refractivity contribution >= 4 is 15.9 Å². The van der Waals surface area contributed by atoms with Crippen molar-refractivity contribution in [3.63, 3.8) is 0 Å². The molecule has 0 N–H and O–H groups in total. The Bertz CT molecular complexity index is 171. The van der Waals surface area contributed by atoms with Crippen molar-refractivity contribution < 1.29 is 4.74 Å². The van der Waals surface area contributed by atoms with Gasteiger partial charge >= 0.3 is 0 Å². The number of alkyl halides is 1. The van der Waals surface area contributed by atoms with Gasteiger partial charge in [0, 0.05) is 25.0 Å². The molecule has 0 amide bonds. The van der Waals surface area contributed by atoms with Gasteiger partial charge < -0.3 is 9.64 Å². The van der Waals surface area contributed by atoms with Gasteiger partial charge in [-0.2, -0.15) is 0 Å². The van der Waals surface area contributed by atoms with Crippen LogP contribution in [0.2, 0.25) is 0 Å². The quantitative estimate of drug-likeness (QED) is 0.721. The van der Waals surface area contributed by atoms with Crippen LogP contribution in [0.15, 0.2) is 0 Å². The number of ether oxygens (including phenoxy) is 1. The summed E-state index contributed by atoms with van der Waals surface area (Å²) in [5.74, 6) is 0.888. The highest BCUT2D eigenvalue weighted by Crippen LogP contribution is 2.20. The Balaban J connectivity index is 1.61. The summed E-state index contributed by atoms with van der Waals surface area (Å²) in [5, 5.41) is 1.17. The molecule has 2 fully saturated rings. The third kappa shape index (κ3) is 2.94. The van der Waals surface area contributed by atoms with E-state index in [0.717, 1.165) is 12.5 Å². The zero-order chi connectivity index (χ0) is 9.80. The molecular formula is C11H20BrNO. The Labute approximate surface area is 95.1 Å². The Morgan fingerprint density at radius 1 is 1.36 bits per heavy atom. The van der Waals surface area contributed by atoms with E-state index in [2.05, 4.69) is 20.8 Å². The SMILES string of the molecule is BrCC1CCN(CCC2CCCO2)C1. The summed E-state index contributed by atoms with van der Waals surface area (Å²) in [7, 11) is 0. The molecule has 0 radical (unpaired) electrons. The summed E-state index contributed by atoms with van der Waals surface area (Å²) in [6, 6.07) is 0. The Hall–Kier alpha value is 0.400. The fraction of sp³-hybridized carbons (Fsp3) is 1.00. The van der Waals surface area contributed by atoms with Gasteiger partial charge in [0.1, 0.15) is 0 Å². The van der Waals surface area contributed by atoms with Crippen molar-refractivity contribution in [1.29, 1.82) is 0 Å². The van der Waals surface area contributed by atoms with Crippen LogP contribution >= 0.6 is 15.9 Å². The Kier molecular flexibility index (Phi) is 4.26. The van der Waals surface area contributed by atoms with Gasteiger partial charge in [-0.15, -0.1) is 0 Å². The first-order valence-corrected chi connectivity index (χ1v) is 6.90. The van der Waals surface area contributed by atoms with Crippen LogP contribution in [0.3, 0.4) is 0 Å². The molecule has 0 aromatic rings. The Morgan fingerprint density at radius 3 is 2.93 bits per heavy atom. The molecule has 0 aromatic heterocycles. The van der Waals surface area contributed by atoms with Crippen LogP contribution < -0.4 is 0 Å². The van der Waals surface area contributed by atoms with E-state index in [-0.39, 0.29) is 0 Å². The van der Waals surface area contributed by atoms with Crippen LogP contribution in [-0.2, 0) is 4.74 Å². The van der Waals surface area contributed by atoms with Gasteiger partial charge in [-0.25, -0.2) is 0 Å². The third-order valence-corrected chi connectivity index (χ3v) is 4.30. The zero-order valence-corrected chi connectivity index (χ0v) is 10.3. The number of halogens is 1. The lowest BCUT2D eigenvalue weighted by atomic mass is 10.1. The normalized spacial score (nSPS) is 34.1. The largest absolute Gasteiger partial charge is 0.378 e. The molecule has 0 aromatic carbocycles. The average molecular weight is 262 g/mol. The van der Waals surface area contributed by atoms with Gasteiger partial charge in [0.2, 0.25) is 0 Å². The number of hydrogen-bond acceptors (Lipinski definition) is 2. The summed E-state index contributed by atoms with van der Waals surface area (Å²) < 4.78 is 5.63. The molecule has 2 heterocycles. The molecular weight excluding hydrogens is 242 g/mol. The minimum atomic E-state index is 0.568. The minimum absolute atomic E-state index is 0.568. The molecule has 2 aliphatic heterocycles. The first-order valence-electron chi connectivity index (χ1n) is 5.78. The smallest absolute Gasteiger partial charge is 0.0588 e. The lowest BCUT2D eigenvalue weighted by Crippen LogP contribution is -2.25. The highest BCUT2D eigenvalue weighted by molar-refractivity contribution is 9.09. The van der Waals surface area contributed by atoms with Crippen molar-refractivity contribution in [3.05, 3.63) is 0 Å². The molecule has 2 atom stereocenters. The summed E-state index contributed by atoms with van der Waals surface area (Å²) in [6.07, 6.45) is 5.74. The molecule has 0 aliphatic carbocycles. The monoisotopic (exact) mass is 261 g/mol. The van der Waals surface area contributed by atoms with Crippen LogP contribution in [0.25, 0.3) is 0 Å². The van der Waals surface area contributed by atoms with E-state index >= 15 is 0 Å². The first-order chi connectivity index (χ1) is 6.88. The van der Waals surface area contributed by atoms with Crippen molar-refractivity contribution in [1.82, 2.24) is 4.90 Å². The summed E-state index contributed by atoms with van der Waals surface area (Å²) in [4.78, 5) is 2.59. The molecule has 2 unspecified atom stereocenters. The van der Waals surface area contributed by atoms with E-state index in [1.54, 1.807) is 0 Å². The van der Waals surface area contributed by atoms with Crippen LogP contribution in [0.4, 0.5) is 0 Å². The summed E-state index contributed by atoms with van der Waals surface area (Å²) >= 11 is 3.57. The maximum atomic E-state index is 5.63. The molecule has 0 bridgehead atoms. The first kappa shape index (κ1) is 10.9. The van der Waals surface area contributed by atoms with Crippen molar-refractivity contribution in [2.75, 3.05) is 31.6 Å². The van der Waals surface area contributed by atoms with Crippen molar-refractivity contribution in [2.24, 2.45) is 5.92 Å². The van der Waals surface area contributed by atoms with Gasteiger partial charge in [-0.3, -0.25) is 0 Å². The van der Waals surface area contributed by atoms with Crippen molar-refractivity contribution in [3.8, 4) is 0 Å². The molecule has 2 aliphatic rings. The van der Waals surface area contributed by atoms with E-state index in [4.69, 9.17) is 4.74 Å². The fourth-order valence-electron chi connectivity index (χ4n) is 2.44. The second-order valence-electron chi connectivity index (χ2n) is 4.53. The topological polar surface area (TPSA) is 12.5 Å². The predicted octanol–water partition coefficient (Wildman–Crippen LogP) is 2.27. The molecule has 0 saturated carbocycles. The van der Waals surface area contributed by atoms with Gasteiger partial charge in [0.15, 0.2) is 0 Å². The number of rotatable bonds is 4. The lowest BCUT2D eigenvalue weighted by Gasteiger charge is -2.17. The highest BCUT2D eigenvalue weighted by Gasteiger charge is 2.23. The number of hydrogen-bond donors (Lipinski definition) is 0. The summed E-state index contributed by atoms with van der Waals surface area (Å²) in [6.45, 7) is 4.82. The van der Waals surface area contributed by atoms with Crippen LogP contribution in [0, 0.1) is 5.92 Å². The van der Waals surface area contributed by atoms with Crippen LogP contribution in [0.5, 0.6) is 0 Å². The van der Waals surface area contributed by atoms with Gasteiger partial charge in [-0.1, -0.05) is 15.9 Å². The highest BCUT2D eigenvalue weighted by atomic mass is 79.9. The van der Waals surface area contributed by atoms with Gasteiger partial charge in [0.05, 0.1) is 6.10 Å². The van der Waals surface area contributed by atoms with E-state index < -0.39 is 0 Å². The second-order valence-corrected chi connectivity index (χ2v) is 5.18. The molecule has 14 heavy (non-hydrogen) atoms. The van der Waals surface area contributed by atoms with E-state index in [0.29, 0.717) is 6.10 Å². The molecule has 2 saturated heterocycles. The molecule has 82 valence electrons. The predicted molar refractivity (Wildman–Crippen MR) is 61.9 cm³/mol. The number of likely N-dealkylation sites (tertiary alicyclic amines) is 1. The fourth-order valence-corrected chi connectivity index (χ4v) is 2.97. The maximum absolute atomic E-state index is 5.63. The van der Waals surface area contributed by atoms with E-state index in [9.17, 15) is 0 Å². The lowest BCUT2D eigenvalue weighted by molar-refractivity contribution is 0.0946. The average Bonchev–Trinajstić information content (AvgIpc) is 2.86. The van der Waals surface area contributed by atoms with E-state index in [1.807, 2.05) is 0 Å². The second kappa shape index (κ2) is 5.47. The maximum Gasteiger partial charge on any atom is 0.0588 e. The molecule has 3 heteroatoms. The third-order valence-electron chi connectivity index (χ3n) is 3.38. The zero-order valence-electron chi connectivity index (χ0n) is 8.75.